The first-order valence-electron chi connectivity index (χ1n) is 5.49. The van der Waals surface area contributed by atoms with E-state index in [0.717, 1.165) is 18.6 Å². The number of rotatable bonds is 7. The second-order valence-electron chi connectivity index (χ2n) is 3.96. The van der Waals surface area contributed by atoms with E-state index in [0.29, 0.717) is 5.75 Å². The molecule has 0 N–H and O–H groups in total. The van der Waals surface area contributed by atoms with Crippen LogP contribution in [0.5, 0.6) is 0 Å². The van der Waals surface area contributed by atoms with Crippen molar-refractivity contribution in [1.82, 2.24) is 0 Å². The summed E-state index contributed by atoms with van der Waals surface area (Å²) in [6.07, 6.45) is 6.64. The molecule has 0 radical (unpaired) electrons. The molecular formula is C13H22O2S. The average molecular weight is 242 g/mol. The van der Waals surface area contributed by atoms with Crippen molar-refractivity contribution in [2.45, 2.75) is 33.6 Å². The number of esters is 1. The Morgan fingerprint density at radius 2 is 1.94 bits per heavy atom. The predicted molar refractivity (Wildman–Crippen MR) is 71.8 cm³/mol. The lowest BCUT2D eigenvalue weighted by Crippen LogP contribution is -2.03. The zero-order valence-electron chi connectivity index (χ0n) is 10.7. The van der Waals surface area contributed by atoms with Gasteiger partial charge in [-0.05, 0) is 33.6 Å². The minimum absolute atomic E-state index is 0.152. The molecular weight excluding hydrogens is 220 g/mol. The number of ether oxygens (including phenoxy) is 1. The standard InChI is InChI=1S/C13H22O2S/c1-11(2)6-5-7-12(3)8-9-16-10-13(14)15-4/h6,8H,5,7,9-10H2,1-4H3/b12-8+. The van der Waals surface area contributed by atoms with E-state index in [9.17, 15) is 4.79 Å². The highest BCUT2D eigenvalue weighted by molar-refractivity contribution is 8.00. The van der Waals surface area contributed by atoms with Crippen LogP contribution in [-0.4, -0.2) is 24.6 Å². The highest BCUT2D eigenvalue weighted by atomic mass is 32.2. The summed E-state index contributed by atoms with van der Waals surface area (Å²) in [7, 11) is 1.42. The first-order valence-corrected chi connectivity index (χ1v) is 6.65. The van der Waals surface area contributed by atoms with Crippen LogP contribution in [0, 0.1) is 0 Å². The Bertz CT molecular complexity index is 263. The van der Waals surface area contributed by atoms with Gasteiger partial charge in [-0.15, -0.1) is 11.8 Å². The molecule has 3 heteroatoms. The molecule has 16 heavy (non-hydrogen) atoms. The fourth-order valence-corrected chi connectivity index (χ4v) is 1.90. The normalized spacial score (nSPS) is 11.1. The fourth-order valence-electron chi connectivity index (χ4n) is 1.09. The number of methoxy groups -OCH3 is 1. The molecule has 0 amide bonds. The van der Waals surface area contributed by atoms with E-state index in [2.05, 4.69) is 37.7 Å². The van der Waals surface area contributed by atoms with Crippen molar-refractivity contribution in [3.63, 3.8) is 0 Å². The topological polar surface area (TPSA) is 26.3 Å². The van der Waals surface area contributed by atoms with Gasteiger partial charge in [-0.1, -0.05) is 23.3 Å². The molecule has 0 fully saturated rings. The average Bonchev–Trinajstić information content (AvgIpc) is 2.23. The monoisotopic (exact) mass is 242 g/mol. The lowest BCUT2D eigenvalue weighted by molar-refractivity contribution is -0.137. The van der Waals surface area contributed by atoms with Gasteiger partial charge in [0.05, 0.1) is 12.9 Å². The lowest BCUT2D eigenvalue weighted by Gasteiger charge is -2.00. The summed E-state index contributed by atoms with van der Waals surface area (Å²) >= 11 is 1.59. The maximum Gasteiger partial charge on any atom is 0.315 e. The van der Waals surface area contributed by atoms with Crippen molar-refractivity contribution in [3.8, 4) is 0 Å². The molecule has 0 aromatic rings. The molecule has 2 nitrogen and oxygen atoms in total. The molecule has 0 aliphatic heterocycles. The SMILES string of the molecule is COC(=O)CSC/C=C(\C)CCC=C(C)C. The van der Waals surface area contributed by atoms with Gasteiger partial charge in [-0.25, -0.2) is 0 Å². The van der Waals surface area contributed by atoms with Crippen LogP contribution in [0.4, 0.5) is 0 Å². The minimum Gasteiger partial charge on any atom is -0.468 e. The molecule has 0 saturated heterocycles. The van der Waals surface area contributed by atoms with Crippen molar-refractivity contribution < 1.29 is 9.53 Å². The number of hydrogen-bond acceptors (Lipinski definition) is 3. The molecule has 0 aliphatic carbocycles. The Kier molecular flexibility index (Phi) is 9.10. The van der Waals surface area contributed by atoms with Crippen molar-refractivity contribution in [2.75, 3.05) is 18.6 Å². The lowest BCUT2D eigenvalue weighted by atomic mass is 10.1. The van der Waals surface area contributed by atoms with Crippen LogP contribution in [0.3, 0.4) is 0 Å². The molecule has 0 heterocycles. The third-order valence-electron chi connectivity index (χ3n) is 2.09. The summed E-state index contributed by atoms with van der Waals surface area (Å²) < 4.78 is 4.56. The molecule has 0 rings (SSSR count). The van der Waals surface area contributed by atoms with Gasteiger partial charge in [0.2, 0.25) is 0 Å². The largest absolute Gasteiger partial charge is 0.468 e. The van der Waals surface area contributed by atoms with Crippen LogP contribution >= 0.6 is 11.8 Å². The van der Waals surface area contributed by atoms with Gasteiger partial charge >= 0.3 is 5.97 Å². The maximum absolute atomic E-state index is 10.8. The third kappa shape index (κ3) is 9.84. The number of hydrogen-bond donors (Lipinski definition) is 0. The Morgan fingerprint density at radius 3 is 2.50 bits per heavy atom. The van der Waals surface area contributed by atoms with Crippen LogP contribution in [0.2, 0.25) is 0 Å². The summed E-state index contributed by atoms with van der Waals surface area (Å²) in [6, 6.07) is 0. The van der Waals surface area contributed by atoms with Gasteiger partial charge < -0.3 is 4.74 Å². The van der Waals surface area contributed by atoms with E-state index >= 15 is 0 Å². The summed E-state index contributed by atoms with van der Waals surface area (Å²) in [5.41, 5.74) is 2.75. The molecule has 0 aromatic carbocycles. The Hall–Kier alpha value is -0.700. The van der Waals surface area contributed by atoms with E-state index in [1.54, 1.807) is 11.8 Å². The van der Waals surface area contributed by atoms with Crippen LogP contribution in [0.15, 0.2) is 23.3 Å². The number of thioether (sulfide) groups is 1. The number of carbonyl (C=O) groups excluding carboxylic acids is 1. The highest BCUT2D eigenvalue weighted by Gasteiger charge is 1.98. The van der Waals surface area contributed by atoms with E-state index in [1.807, 2.05) is 0 Å². The summed E-state index contributed by atoms with van der Waals surface area (Å²) in [6.45, 7) is 6.37. The zero-order chi connectivity index (χ0) is 12.4. The molecule has 0 spiro atoms. The molecule has 0 bridgehead atoms. The van der Waals surface area contributed by atoms with E-state index in [1.165, 1.54) is 18.3 Å². The zero-order valence-corrected chi connectivity index (χ0v) is 11.5. The van der Waals surface area contributed by atoms with Gasteiger partial charge in [-0.3, -0.25) is 4.79 Å². The Morgan fingerprint density at radius 1 is 1.25 bits per heavy atom. The first-order chi connectivity index (χ1) is 7.56. The second-order valence-corrected chi connectivity index (χ2v) is 4.99. The predicted octanol–water partition coefficient (Wildman–Crippen LogP) is 3.59. The van der Waals surface area contributed by atoms with E-state index in [4.69, 9.17) is 0 Å². The van der Waals surface area contributed by atoms with Crippen LogP contribution in [-0.2, 0) is 9.53 Å². The van der Waals surface area contributed by atoms with Crippen LogP contribution in [0.1, 0.15) is 33.6 Å². The van der Waals surface area contributed by atoms with E-state index < -0.39 is 0 Å². The highest BCUT2D eigenvalue weighted by Crippen LogP contribution is 2.09. The smallest absolute Gasteiger partial charge is 0.315 e. The van der Waals surface area contributed by atoms with Crippen LogP contribution in [0.25, 0.3) is 0 Å². The number of allylic oxidation sites excluding steroid dienone is 3. The fraction of sp³-hybridized carbons (Fsp3) is 0.615. The molecule has 0 aromatic heterocycles. The summed E-state index contributed by atoms with van der Waals surface area (Å²) in [5, 5.41) is 0. The minimum atomic E-state index is -0.152. The molecule has 92 valence electrons. The van der Waals surface area contributed by atoms with Crippen molar-refractivity contribution in [1.29, 1.82) is 0 Å². The molecule has 0 saturated carbocycles. The maximum atomic E-state index is 10.8. The van der Waals surface area contributed by atoms with E-state index in [-0.39, 0.29) is 5.97 Å². The van der Waals surface area contributed by atoms with Gasteiger partial charge in [0.25, 0.3) is 0 Å². The third-order valence-corrected chi connectivity index (χ3v) is 2.93. The Balaban J connectivity index is 3.63. The second kappa shape index (κ2) is 9.52. The van der Waals surface area contributed by atoms with Crippen molar-refractivity contribution in [3.05, 3.63) is 23.3 Å². The Labute approximate surface area is 103 Å². The summed E-state index contributed by atoms with van der Waals surface area (Å²) in [4.78, 5) is 10.8. The first kappa shape index (κ1) is 15.3. The quantitative estimate of drug-likeness (QED) is 0.388. The van der Waals surface area contributed by atoms with Gasteiger partial charge in [0, 0.05) is 5.75 Å². The van der Waals surface area contributed by atoms with Gasteiger partial charge in [-0.2, -0.15) is 0 Å². The van der Waals surface area contributed by atoms with Crippen molar-refractivity contribution in [2.24, 2.45) is 0 Å². The van der Waals surface area contributed by atoms with Gasteiger partial charge in [0.15, 0.2) is 0 Å². The van der Waals surface area contributed by atoms with Gasteiger partial charge in [0.1, 0.15) is 0 Å². The number of carbonyl (C=O) groups is 1. The van der Waals surface area contributed by atoms with Crippen molar-refractivity contribution >= 4 is 17.7 Å². The molecule has 0 aliphatic rings. The molecule has 0 unspecified atom stereocenters. The molecule has 0 atom stereocenters. The van der Waals surface area contributed by atoms with Crippen LogP contribution < -0.4 is 0 Å². The summed E-state index contributed by atoms with van der Waals surface area (Å²) in [5.74, 6) is 1.17.